The topological polar surface area (TPSA) is 70.6 Å². The lowest BCUT2D eigenvalue weighted by atomic mass is 10.0. The first kappa shape index (κ1) is 18.1. The Morgan fingerprint density at radius 2 is 1.93 bits per heavy atom. The van der Waals surface area contributed by atoms with Gasteiger partial charge in [0.1, 0.15) is 11.5 Å². The Labute approximate surface area is 157 Å². The van der Waals surface area contributed by atoms with Crippen LogP contribution in [0.1, 0.15) is 16.1 Å². The molecule has 3 heterocycles. The number of hydrogen-bond acceptors (Lipinski definition) is 5. The standard InChI is InChI=1S/C19H20FN3O3S/c20-15-5-3-4-14(10-15)11-22-8-9-23(18-13-27(25,26)12-17(18)22)19(24)16-6-1-2-7-21-16/h1-7,10,17-18H,8-9,11-13H2/t17-,18+/m1/s1. The van der Waals surface area contributed by atoms with Crippen molar-refractivity contribution in [3.8, 4) is 0 Å². The molecule has 0 radical (unpaired) electrons. The number of hydrogen-bond donors (Lipinski definition) is 0. The van der Waals surface area contributed by atoms with Crippen LogP contribution in [0, 0.1) is 5.82 Å². The third-order valence-corrected chi connectivity index (χ3v) is 6.91. The van der Waals surface area contributed by atoms with Crippen molar-refractivity contribution in [1.82, 2.24) is 14.8 Å². The van der Waals surface area contributed by atoms with Gasteiger partial charge in [-0.1, -0.05) is 18.2 Å². The summed E-state index contributed by atoms with van der Waals surface area (Å²) >= 11 is 0. The van der Waals surface area contributed by atoms with Crippen LogP contribution in [-0.2, 0) is 16.4 Å². The summed E-state index contributed by atoms with van der Waals surface area (Å²) in [6.45, 7) is 1.41. The second-order valence-electron chi connectivity index (χ2n) is 7.03. The van der Waals surface area contributed by atoms with Gasteiger partial charge >= 0.3 is 0 Å². The normalized spacial score (nSPS) is 24.6. The lowest BCUT2D eigenvalue weighted by Crippen LogP contribution is -2.60. The predicted octanol–water partition coefficient (Wildman–Crippen LogP) is 1.34. The molecule has 2 aliphatic rings. The maximum atomic E-state index is 13.5. The number of pyridine rings is 1. The van der Waals surface area contributed by atoms with E-state index < -0.39 is 15.9 Å². The highest BCUT2D eigenvalue weighted by Gasteiger charge is 2.48. The highest BCUT2D eigenvalue weighted by atomic mass is 32.2. The molecule has 0 spiro atoms. The Bertz CT molecular complexity index is 952. The monoisotopic (exact) mass is 389 g/mol. The van der Waals surface area contributed by atoms with Crippen molar-refractivity contribution >= 4 is 15.7 Å². The molecule has 1 amide bonds. The zero-order chi connectivity index (χ0) is 19.0. The van der Waals surface area contributed by atoms with Gasteiger partial charge in [0, 0.05) is 31.9 Å². The maximum absolute atomic E-state index is 13.5. The fourth-order valence-electron chi connectivity index (χ4n) is 3.98. The van der Waals surface area contributed by atoms with Crippen molar-refractivity contribution in [2.75, 3.05) is 24.6 Å². The van der Waals surface area contributed by atoms with Crippen molar-refractivity contribution in [2.45, 2.75) is 18.6 Å². The molecule has 2 saturated heterocycles. The summed E-state index contributed by atoms with van der Waals surface area (Å²) in [4.78, 5) is 20.7. The number of nitrogens with zero attached hydrogens (tertiary/aromatic N) is 3. The number of amides is 1. The molecule has 2 aliphatic heterocycles. The zero-order valence-corrected chi connectivity index (χ0v) is 15.5. The fraction of sp³-hybridized carbons (Fsp3) is 0.368. The van der Waals surface area contributed by atoms with Crippen LogP contribution in [0.25, 0.3) is 0 Å². The Balaban J connectivity index is 1.59. The summed E-state index contributed by atoms with van der Waals surface area (Å²) in [6.07, 6.45) is 1.55. The number of piperazine rings is 1. The molecular formula is C19H20FN3O3S. The van der Waals surface area contributed by atoms with Gasteiger partial charge in [-0.25, -0.2) is 12.8 Å². The average molecular weight is 389 g/mol. The first-order chi connectivity index (χ1) is 12.9. The van der Waals surface area contributed by atoms with Crippen LogP contribution in [-0.4, -0.2) is 65.8 Å². The second kappa shape index (κ2) is 7.01. The van der Waals surface area contributed by atoms with E-state index in [0.717, 1.165) is 5.56 Å². The summed E-state index contributed by atoms with van der Waals surface area (Å²) in [5.74, 6) is -0.588. The van der Waals surface area contributed by atoms with Gasteiger partial charge in [-0.05, 0) is 29.8 Å². The van der Waals surface area contributed by atoms with Crippen LogP contribution >= 0.6 is 0 Å². The Kier molecular flexibility index (Phi) is 4.69. The van der Waals surface area contributed by atoms with E-state index in [1.807, 2.05) is 11.0 Å². The summed E-state index contributed by atoms with van der Waals surface area (Å²) in [5.41, 5.74) is 1.11. The minimum atomic E-state index is -3.24. The summed E-state index contributed by atoms with van der Waals surface area (Å²) in [7, 11) is -3.24. The first-order valence-electron chi connectivity index (χ1n) is 8.84. The van der Waals surface area contributed by atoms with E-state index >= 15 is 0 Å². The molecule has 0 unspecified atom stereocenters. The van der Waals surface area contributed by atoms with Gasteiger partial charge < -0.3 is 4.90 Å². The van der Waals surface area contributed by atoms with Crippen LogP contribution in [0.15, 0.2) is 48.7 Å². The van der Waals surface area contributed by atoms with Crippen molar-refractivity contribution in [3.63, 3.8) is 0 Å². The molecule has 6 nitrogen and oxygen atoms in total. The Morgan fingerprint density at radius 1 is 1.11 bits per heavy atom. The Morgan fingerprint density at radius 3 is 2.67 bits per heavy atom. The SMILES string of the molecule is O=C(c1ccccn1)N1CCN(Cc2cccc(F)c2)[C@@H]2CS(=O)(=O)C[C@@H]21. The number of carbonyl (C=O) groups excluding carboxylic acids is 1. The fourth-order valence-corrected chi connectivity index (χ4v) is 5.99. The van der Waals surface area contributed by atoms with E-state index in [9.17, 15) is 17.6 Å². The minimum absolute atomic E-state index is 0.0129. The molecule has 0 N–H and O–H groups in total. The average Bonchev–Trinajstić information content (AvgIpc) is 2.98. The molecule has 27 heavy (non-hydrogen) atoms. The van der Waals surface area contributed by atoms with Gasteiger partial charge in [-0.3, -0.25) is 14.7 Å². The van der Waals surface area contributed by atoms with Gasteiger partial charge in [0.15, 0.2) is 9.84 Å². The van der Waals surface area contributed by atoms with Crippen molar-refractivity contribution < 1.29 is 17.6 Å². The second-order valence-corrected chi connectivity index (χ2v) is 9.18. The van der Waals surface area contributed by atoms with Crippen molar-refractivity contribution in [1.29, 1.82) is 0 Å². The van der Waals surface area contributed by atoms with E-state index in [1.165, 1.54) is 12.1 Å². The quantitative estimate of drug-likeness (QED) is 0.793. The molecule has 1 aromatic carbocycles. The van der Waals surface area contributed by atoms with E-state index in [2.05, 4.69) is 4.98 Å². The van der Waals surface area contributed by atoms with Crippen LogP contribution in [0.4, 0.5) is 4.39 Å². The highest BCUT2D eigenvalue weighted by Crippen LogP contribution is 2.29. The van der Waals surface area contributed by atoms with Crippen molar-refractivity contribution in [2.24, 2.45) is 0 Å². The largest absolute Gasteiger partial charge is 0.330 e. The van der Waals surface area contributed by atoms with Gasteiger partial charge in [0.05, 0.1) is 17.5 Å². The van der Waals surface area contributed by atoms with Crippen LogP contribution in [0.2, 0.25) is 0 Å². The number of benzene rings is 1. The molecule has 2 fully saturated rings. The molecule has 0 bridgehead atoms. The van der Waals surface area contributed by atoms with Crippen LogP contribution in [0.3, 0.4) is 0 Å². The molecule has 2 atom stereocenters. The van der Waals surface area contributed by atoms with E-state index in [-0.39, 0.29) is 29.3 Å². The molecule has 142 valence electrons. The Hall–Kier alpha value is -2.32. The van der Waals surface area contributed by atoms with Gasteiger partial charge in [0.25, 0.3) is 5.91 Å². The molecule has 0 saturated carbocycles. The molecular weight excluding hydrogens is 369 g/mol. The minimum Gasteiger partial charge on any atom is -0.330 e. The molecule has 1 aromatic heterocycles. The van der Waals surface area contributed by atoms with E-state index in [0.29, 0.717) is 25.3 Å². The van der Waals surface area contributed by atoms with Crippen molar-refractivity contribution in [3.05, 3.63) is 65.7 Å². The molecule has 2 aromatic rings. The van der Waals surface area contributed by atoms with Gasteiger partial charge in [-0.15, -0.1) is 0 Å². The third kappa shape index (κ3) is 3.72. The summed E-state index contributed by atoms with van der Waals surface area (Å²) in [5, 5.41) is 0. The lowest BCUT2D eigenvalue weighted by molar-refractivity contribution is 0.0301. The van der Waals surface area contributed by atoms with Crippen LogP contribution in [0.5, 0.6) is 0 Å². The molecule has 8 heteroatoms. The van der Waals surface area contributed by atoms with Crippen LogP contribution < -0.4 is 0 Å². The highest BCUT2D eigenvalue weighted by molar-refractivity contribution is 7.91. The number of halogens is 1. The predicted molar refractivity (Wildman–Crippen MR) is 98.3 cm³/mol. The number of carbonyl (C=O) groups is 1. The van der Waals surface area contributed by atoms with E-state index in [4.69, 9.17) is 0 Å². The molecule has 4 rings (SSSR count). The van der Waals surface area contributed by atoms with Gasteiger partial charge in [0.2, 0.25) is 0 Å². The number of fused-ring (bicyclic) bond motifs is 1. The third-order valence-electron chi connectivity index (χ3n) is 5.21. The summed E-state index contributed by atoms with van der Waals surface area (Å²) in [6, 6.07) is 10.7. The summed E-state index contributed by atoms with van der Waals surface area (Å²) < 4.78 is 38.1. The first-order valence-corrected chi connectivity index (χ1v) is 10.7. The van der Waals surface area contributed by atoms with Gasteiger partial charge in [-0.2, -0.15) is 0 Å². The molecule has 0 aliphatic carbocycles. The van der Waals surface area contributed by atoms with E-state index in [1.54, 1.807) is 35.4 Å². The maximum Gasteiger partial charge on any atom is 0.272 e. The number of sulfone groups is 1. The number of rotatable bonds is 3. The zero-order valence-electron chi connectivity index (χ0n) is 14.7. The smallest absolute Gasteiger partial charge is 0.272 e. The lowest BCUT2D eigenvalue weighted by Gasteiger charge is -2.43. The number of aromatic nitrogens is 1.